The second-order valence-corrected chi connectivity index (χ2v) is 6.28. The maximum absolute atomic E-state index is 5.94. The maximum Gasteiger partial charge on any atom is 0.0790 e. The predicted molar refractivity (Wildman–Crippen MR) is 79.9 cm³/mol. The fourth-order valence-electron chi connectivity index (χ4n) is 1.87. The van der Waals surface area contributed by atoms with Gasteiger partial charge in [-0.3, -0.25) is 0 Å². The quantitative estimate of drug-likeness (QED) is 0.927. The minimum atomic E-state index is 0.0861. The number of nitrogens with zero attached hydrogens (tertiary/aromatic N) is 2. The highest BCUT2D eigenvalue weighted by atomic mass is 35.5. The van der Waals surface area contributed by atoms with E-state index in [-0.39, 0.29) is 5.54 Å². The molecule has 3 nitrogen and oxygen atoms in total. The van der Waals surface area contributed by atoms with Crippen LogP contribution in [0.15, 0.2) is 30.6 Å². The predicted octanol–water partition coefficient (Wildman–Crippen LogP) is 3.72. The molecular weight excluding hydrogens is 258 g/mol. The van der Waals surface area contributed by atoms with Crippen LogP contribution >= 0.6 is 11.6 Å². The molecule has 0 bridgehead atoms. The number of halogens is 1. The van der Waals surface area contributed by atoms with Gasteiger partial charge in [-0.2, -0.15) is 5.10 Å². The van der Waals surface area contributed by atoms with E-state index in [1.54, 1.807) is 6.20 Å². The smallest absolute Gasteiger partial charge is 0.0790 e. The third kappa shape index (κ3) is 3.82. The van der Waals surface area contributed by atoms with E-state index in [2.05, 4.69) is 56.3 Å². The van der Waals surface area contributed by atoms with Crippen LogP contribution in [0.2, 0.25) is 5.02 Å². The molecular formula is C15H20ClN3. The van der Waals surface area contributed by atoms with Crippen molar-refractivity contribution in [2.75, 3.05) is 0 Å². The summed E-state index contributed by atoms with van der Waals surface area (Å²) in [5.74, 6) is 0. The van der Waals surface area contributed by atoms with Crippen molar-refractivity contribution < 1.29 is 0 Å². The molecule has 19 heavy (non-hydrogen) atoms. The van der Waals surface area contributed by atoms with Crippen molar-refractivity contribution in [3.63, 3.8) is 0 Å². The van der Waals surface area contributed by atoms with Crippen molar-refractivity contribution in [2.24, 2.45) is 0 Å². The van der Waals surface area contributed by atoms with Crippen molar-refractivity contribution in [3.8, 4) is 5.69 Å². The molecule has 0 saturated heterocycles. The highest BCUT2D eigenvalue weighted by molar-refractivity contribution is 6.30. The van der Waals surface area contributed by atoms with Crippen LogP contribution in [0, 0.1) is 6.92 Å². The topological polar surface area (TPSA) is 29.9 Å². The van der Waals surface area contributed by atoms with Crippen LogP contribution in [0.1, 0.15) is 31.9 Å². The first-order valence-electron chi connectivity index (χ1n) is 6.40. The second kappa shape index (κ2) is 5.35. The van der Waals surface area contributed by atoms with Gasteiger partial charge < -0.3 is 5.32 Å². The highest BCUT2D eigenvalue weighted by Crippen LogP contribution is 2.19. The molecule has 0 fully saturated rings. The van der Waals surface area contributed by atoms with Crippen LogP contribution in [0.3, 0.4) is 0 Å². The minimum absolute atomic E-state index is 0.0861. The molecule has 0 aliphatic carbocycles. The monoisotopic (exact) mass is 277 g/mol. The van der Waals surface area contributed by atoms with Crippen LogP contribution in [0.25, 0.3) is 5.69 Å². The zero-order valence-electron chi connectivity index (χ0n) is 11.9. The Morgan fingerprint density at radius 1 is 1.32 bits per heavy atom. The molecule has 0 amide bonds. The summed E-state index contributed by atoms with van der Waals surface area (Å²) in [6, 6.07) is 6.35. The molecule has 1 heterocycles. The molecule has 4 heteroatoms. The first-order chi connectivity index (χ1) is 8.85. The van der Waals surface area contributed by atoms with Gasteiger partial charge in [-0.15, -0.1) is 0 Å². The number of nitrogens with one attached hydrogen (secondary N) is 1. The molecule has 0 radical (unpaired) electrons. The van der Waals surface area contributed by atoms with E-state index in [1.165, 1.54) is 11.1 Å². The lowest BCUT2D eigenvalue weighted by molar-refractivity contribution is 0.423. The molecule has 1 aromatic carbocycles. The van der Waals surface area contributed by atoms with E-state index in [1.807, 2.05) is 10.9 Å². The van der Waals surface area contributed by atoms with Gasteiger partial charge in [0, 0.05) is 18.3 Å². The summed E-state index contributed by atoms with van der Waals surface area (Å²) in [5, 5.41) is 8.43. The van der Waals surface area contributed by atoms with Crippen molar-refractivity contribution >= 4 is 11.6 Å². The minimum Gasteiger partial charge on any atom is -0.308 e. The highest BCUT2D eigenvalue weighted by Gasteiger charge is 2.12. The van der Waals surface area contributed by atoms with Gasteiger partial charge in [-0.1, -0.05) is 29.3 Å². The summed E-state index contributed by atoms with van der Waals surface area (Å²) in [5.41, 5.74) is 3.61. The molecule has 0 unspecified atom stereocenters. The fraction of sp³-hybridized carbons (Fsp3) is 0.400. The third-order valence-corrected chi connectivity index (χ3v) is 3.04. The van der Waals surface area contributed by atoms with Crippen LogP contribution < -0.4 is 5.32 Å². The molecule has 0 atom stereocenters. The van der Waals surface area contributed by atoms with Crippen molar-refractivity contribution in [2.45, 2.75) is 39.8 Å². The first kappa shape index (κ1) is 14.1. The van der Waals surface area contributed by atoms with Gasteiger partial charge in [0.2, 0.25) is 0 Å². The second-order valence-electron chi connectivity index (χ2n) is 5.84. The Morgan fingerprint density at radius 2 is 2.05 bits per heavy atom. The molecule has 1 N–H and O–H groups in total. The van der Waals surface area contributed by atoms with Gasteiger partial charge in [0.1, 0.15) is 0 Å². The Morgan fingerprint density at radius 3 is 2.63 bits per heavy atom. The van der Waals surface area contributed by atoms with Gasteiger partial charge in [0.25, 0.3) is 0 Å². The molecule has 0 saturated carbocycles. The SMILES string of the molecule is Cc1ccc(-n2cc(Cl)cn2)c(CNC(C)(C)C)c1. The summed E-state index contributed by atoms with van der Waals surface area (Å²) in [6.45, 7) is 9.38. The van der Waals surface area contributed by atoms with E-state index < -0.39 is 0 Å². The lowest BCUT2D eigenvalue weighted by atomic mass is 10.1. The van der Waals surface area contributed by atoms with Crippen LogP contribution in [0.4, 0.5) is 0 Å². The van der Waals surface area contributed by atoms with E-state index in [0.717, 1.165) is 12.2 Å². The van der Waals surface area contributed by atoms with Crippen LogP contribution in [0.5, 0.6) is 0 Å². The molecule has 0 aliphatic heterocycles. The Bertz CT molecular complexity index is 567. The fourth-order valence-corrected chi connectivity index (χ4v) is 2.01. The van der Waals surface area contributed by atoms with Crippen LogP contribution in [-0.4, -0.2) is 15.3 Å². The normalized spacial score (nSPS) is 11.8. The third-order valence-electron chi connectivity index (χ3n) is 2.84. The zero-order chi connectivity index (χ0) is 14.0. The number of aryl methyl sites for hydroxylation is 1. The summed E-state index contributed by atoms with van der Waals surface area (Å²) in [7, 11) is 0. The maximum atomic E-state index is 5.94. The lowest BCUT2D eigenvalue weighted by Gasteiger charge is -2.22. The largest absolute Gasteiger partial charge is 0.308 e. The average Bonchev–Trinajstić information content (AvgIpc) is 2.72. The zero-order valence-corrected chi connectivity index (χ0v) is 12.6. The Kier molecular flexibility index (Phi) is 3.97. The van der Waals surface area contributed by atoms with Crippen LogP contribution in [-0.2, 0) is 6.54 Å². The number of rotatable bonds is 3. The number of benzene rings is 1. The molecule has 102 valence electrons. The van der Waals surface area contributed by atoms with E-state index in [9.17, 15) is 0 Å². The Labute approximate surface area is 119 Å². The van der Waals surface area contributed by atoms with E-state index in [0.29, 0.717) is 5.02 Å². The Balaban J connectivity index is 2.33. The first-order valence-corrected chi connectivity index (χ1v) is 6.78. The standard InChI is InChI=1S/C15H20ClN3/c1-11-5-6-14(19-10-13(16)9-18-19)12(7-11)8-17-15(2,3)4/h5-7,9-10,17H,8H2,1-4H3. The van der Waals surface area contributed by atoms with Crippen molar-refractivity contribution in [3.05, 3.63) is 46.7 Å². The molecule has 0 spiro atoms. The number of aromatic nitrogens is 2. The molecule has 2 rings (SSSR count). The van der Waals surface area contributed by atoms with Gasteiger partial charge in [-0.25, -0.2) is 4.68 Å². The average molecular weight is 278 g/mol. The summed E-state index contributed by atoms with van der Waals surface area (Å²) in [4.78, 5) is 0. The number of hydrogen-bond donors (Lipinski definition) is 1. The van der Waals surface area contributed by atoms with Gasteiger partial charge in [-0.05, 0) is 39.3 Å². The summed E-state index contributed by atoms with van der Waals surface area (Å²) < 4.78 is 1.82. The van der Waals surface area contributed by atoms with Gasteiger partial charge >= 0.3 is 0 Å². The Hall–Kier alpha value is -1.32. The van der Waals surface area contributed by atoms with E-state index >= 15 is 0 Å². The van der Waals surface area contributed by atoms with Crippen molar-refractivity contribution in [1.82, 2.24) is 15.1 Å². The van der Waals surface area contributed by atoms with Gasteiger partial charge in [0.05, 0.1) is 16.9 Å². The van der Waals surface area contributed by atoms with Gasteiger partial charge in [0.15, 0.2) is 0 Å². The number of hydrogen-bond acceptors (Lipinski definition) is 2. The molecule has 2 aromatic rings. The molecule has 1 aromatic heterocycles. The summed E-state index contributed by atoms with van der Waals surface area (Å²) >= 11 is 5.94. The molecule has 0 aliphatic rings. The lowest BCUT2D eigenvalue weighted by Crippen LogP contribution is -2.35. The summed E-state index contributed by atoms with van der Waals surface area (Å²) in [6.07, 6.45) is 3.48. The van der Waals surface area contributed by atoms with E-state index in [4.69, 9.17) is 11.6 Å². The van der Waals surface area contributed by atoms with Crippen molar-refractivity contribution in [1.29, 1.82) is 0 Å².